The van der Waals surface area contributed by atoms with E-state index in [4.69, 9.17) is 4.98 Å². The van der Waals surface area contributed by atoms with Crippen molar-refractivity contribution in [3.63, 3.8) is 0 Å². The van der Waals surface area contributed by atoms with E-state index in [0.717, 1.165) is 86.3 Å². The number of hydrogen-bond acceptors (Lipinski definition) is 3. The Bertz CT molecular complexity index is 2550. The third kappa shape index (κ3) is 8.74. The second-order valence-corrected chi connectivity index (χ2v) is 33.5. The summed E-state index contributed by atoms with van der Waals surface area (Å²) in [4.78, 5) is 5.75. The van der Waals surface area contributed by atoms with Gasteiger partial charge in [-0.05, 0) is 197 Å². The van der Waals surface area contributed by atoms with Gasteiger partial charge in [-0.25, -0.2) is 4.98 Å². The van der Waals surface area contributed by atoms with Crippen molar-refractivity contribution in [2.45, 2.75) is 185 Å². The molecule has 13 rings (SSSR count). The third-order valence-corrected chi connectivity index (χ3v) is 25.1. The molecule has 1 heterocycles. The predicted octanol–water partition coefficient (Wildman–Crippen LogP) is 17.3. The fourth-order valence-corrected chi connectivity index (χ4v) is 17.6. The van der Waals surface area contributed by atoms with Crippen LogP contribution >= 0.6 is 0 Å². The zero-order chi connectivity index (χ0) is 47.9. The van der Waals surface area contributed by atoms with Crippen molar-refractivity contribution in [1.82, 2.24) is 4.98 Å². The van der Waals surface area contributed by atoms with Gasteiger partial charge < -0.3 is 10.2 Å². The molecule has 0 unspecified atom stereocenters. The number of aromatic nitrogens is 1. The number of pyridine rings is 1. The Hall–Kier alpha value is -3.27. The zero-order valence-electron chi connectivity index (χ0n) is 44.1. The van der Waals surface area contributed by atoms with E-state index in [1.165, 1.54) is 105 Å². The Morgan fingerprint density at radius 3 is 1.10 bits per heavy atom. The van der Waals surface area contributed by atoms with Crippen LogP contribution in [0.15, 0.2) is 84.9 Å². The Morgan fingerprint density at radius 1 is 0.478 bits per heavy atom. The molecule has 69 heavy (non-hydrogen) atoms. The fraction of sp³-hybridized carbons (Fsp3) is 0.547. The van der Waals surface area contributed by atoms with Gasteiger partial charge in [0, 0.05) is 59.6 Å². The van der Waals surface area contributed by atoms with Crippen molar-refractivity contribution >= 4 is 8.07 Å². The minimum atomic E-state index is -1.81. The summed E-state index contributed by atoms with van der Waals surface area (Å²) < 4.78 is 0. The van der Waals surface area contributed by atoms with Gasteiger partial charge in [0.15, 0.2) is 0 Å². The van der Waals surface area contributed by atoms with E-state index < -0.39 is 8.07 Å². The second kappa shape index (κ2) is 17.2. The molecule has 8 aliphatic rings. The quantitative estimate of drug-likeness (QED) is 0.152. The van der Waals surface area contributed by atoms with E-state index >= 15 is 0 Å². The van der Waals surface area contributed by atoms with Crippen LogP contribution in [-0.2, 0) is 53.9 Å². The summed E-state index contributed by atoms with van der Waals surface area (Å²) in [6.07, 6.45) is 15.5. The van der Waals surface area contributed by atoms with E-state index in [9.17, 15) is 10.2 Å². The Balaban J connectivity index is 0.00000553. The number of phenols is 2. The molecule has 0 spiro atoms. The second-order valence-electron chi connectivity index (χ2n) is 27.9. The molecule has 0 amide bonds. The summed E-state index contributed by atoms with van der Waals surface area (Å²) in [5, 5.41) is 26.0. The normalized spacial score (nSPS) is 28.3. The molecule has 4 aromatic carbocycles. The number of benzene rings is 4. The van der Waals surface area contributed by atoms with E-state index in [1.54, 1.807) is 0 Å². The van der Waals surface area contributed by atoms with Crippen molar-refractivity contribution in [2.75, 3.05) is 0 Å². The summed E-state index contributed by atoms with van der Waals surface area (Å²) >= 11 is 0. The topological polar surface area (TPSA) is 53.4 Å². The predicted molar refractivity (Wildman–Crippen MR) is 287 cm³/mol. The molecule has 0 aliphatic heterocycles. The van der Waals surface area contributed by atoms with Gasteiger partial charge >= 0.3 is 0 Å². The number of phenolic OH excluding ortho intramolecular Hbond substituents is 2. The van der Waals surface area contributed by atoms with E-state index in [2.05, 4.69) is 160 Å². The minimum absolute atomic E-state index is 0. The Morgan fingerprint density at radius 2 is 0.797 bits per heavy atom. The molecule has 0 saturated heterocycles. The van der Waals surface area contributed by atoms with Gasteiger partial charge in [0.2, 0.25) is 0 Å². The minimum Gasteiger partial charge on any atom is -0.507 e. The molecule has 8 aliphatic carbocycles. The molecule has 1 aromatic heterocycles. The van der Waals surface area contributed by atoms with Crippen LogP contribution in [0.5, 0.6) is 11.5 Å². The smallest absolute Gasteiger partial charge is 0.127 e. The van der Waals surface area contributed by atoms with Gasteiger partial charge in [-0.2, -0.15) is 0 Å². The average molecular weight is 1020 g/mol. The van der Waals surface area contributed by atoms with Gasteiger partial charge in [0.05, 0.1) is 19.5 Å². The van der Waals surface area contributed by atoms with Crippen molar-refractivity contribution in [3.8, 4) is 56.3 Å². The molecule has 3 nitrogen and oxygen atoms in total. The molecule has 5 heteroatoms. The van der Waals surface area contributed by atoms with Crippen LogP contribution in [0.3, 0.4) is 0 Å². The van der Waals surface area contributed by atoms with E-state index in [-0.39, 0.29) is 52.9 Å². The summed E-state index contributed by atoms with van der Waals surface area (Å²) in [6, 6.07) is 32.8. The van der Waals surface area contributed by atoms with Crippen molar-refractivity contribution in [1.29, 1.82) is 0 Å². The van der Waals surface area contributed by atoms with Crippen LogP contribution in [0.25, 0.3) is 44.8 Å². The summed E-state index contributed by atoms with van der Waals surface area (Å²) in [7, 11) is -1.81. The Kier molecular flexibility index (Phi) is 12.3. The first-order chi connectivity index (χ1) is 32.0. The van der Waals surface area contributed by atoms with Crippen LogP contribution in [0.1, 0.15) is 167 Å². The molecular weight excluding hydrogens is 934 g/mol. The van der Waals surface area contributed by atoms with Crippen molar-refractivity contribution in [3.05, 3.63) is 113 Å². The molecule has 2 N–H and O–H groups in total. The number of aromatic hydroxyl groups is 2. The first-order valence-electron chi connectivity index (χ1n) is 26.9. The molecule has 5 aromatic rings. The first-order valence-corrected chi connectivity index (χ1v) is 30.1. The summed E-state index contributed by atoms with van der Waals surface area (Å²) in [5.41, 5.74) is 14.2. The maximum Gasteiger partial charge on any atom is 0.127 e. The Labute approximate surface area is 436 Å². The maximum atomic E-state index is 12.9. The average Bonchev–Trinajstić information content (AvgIpc) is 3.24. The largest absolute Gasteiger partial charge is 0.507 e. The summed E-state index contributed by atoms with van der Waals surface area (Å²) in [6.45, 7) is 26.3. The standard InChI is InChI=1S/C64H81NO2Si.Zr/c1-60(2,3)46-28-52(58(66)54(30-46)63-32-39-20-40(33-63)22-41(21-39)34-63)48-16-12-14-18-50(48)56-26-45(38-68(10,11)62(7,8)9)27-57(65-56)51-19-15-13-17-49(51)53-29-47(61(4,5)6)31-55(59(53)67)64-35-42-23-43(36-64)25-44(24-42)37-64;/h12-19,26-31,39-44,66-67H,20-25,32-38H2,1-11H3;. The monoisotopic (exact) mass is 1010 g/mol. The van der Waals surface area contributed by atoms with Gasteiger partial charge in [0.1, 0.15) is 11.5 Å². The van der Waals surface area contributed by atoms with E-state index in [0.29, 0.717) is 11.5 Å². The molecule has 0 atom stereocenters. The van der Waals surface area contributed by atoms with Crippen molar-refractivity contribution < 1.29 is 36.4 Å². The van der Waals surface area contributed by atoms with Crippen LogP contribution in [0.2, 0.25) is 18.1 Å². The van der Waals surface area contributed by atoms with Gasteiger partial charge in [-0.1, -0.05) is 136 Å². The molecule has 0 radical (unpaired) electrons. The first kappa shape index (κ1) is 49.3. The van der Waals surface area contributed by atoms with E-state index in [1.807, 2.05) is 0 Å². The number of hydrogen-bond donors (Lipinski definition) is 2. The van der Waals surface area contributed by atoms with Gasteiger partial charge in [-0.15, -0.1) is 0 Å². The molecule has 8 fully saturated rings. The maximum absolute atomic E-state index is 12.9. The van der Waals surface area contributed by atoms with Crippen molar-refractivity contribution in [2.24, 2.45) is 35.5 Å². The fourth-order valence-electron chi connectivity index (χ4n) is 15.9. The van der Waals surface area contributed by atoms with Gasteiger partial charge in [0.25, 0.3) is 0 Å². The molecule has 8 saturated carbocycles. The van der Waals surface area contributed by atoms with Crippen LogP contribution in [0, 0.1) is 35.5 Å². The van der Waals surface area contributed by atoms with Crippen LogP contribution < -0.4 is 0 Å². The van der Waals surface area contributed by atoms with Crippen LogP contribution in [-0.4, -0.2) is 23.3 Å². The zero-order valence-corrected chi connectivity index (χ0v) is 47.5. The summed E-state index contributed by atoms with van der Waals surface area (Å²) in [5.74, 6) is 5.67. The van der Waals surface area contributed by atoms with Gasteiger partial charge in [-0.3, -0.25) is 0 Å². The molecular formula is C64H81NO2SiZr. The SMILES string of the molecule is CC(C)(C)c1cc(-c2ccccc2-c2cc(C[Si](C)(C)C(C)(C)C)cc(-c3ccccc3-c3cc(C(C)(C)C)cc(C45CC6CC(CC(C6)C4)C5)c3O)n2)c(O)c(C23CC4CC(CC(C4)C2)C3)c1.[Zr]. The van der Waals surface area contributed by atoms with Crippen LogP contribution in [0.4, 0.5) is 0 Å². The number of rotatable bonds is 8. The number of nitrogens with zero attached hydrogens (tertiary/aromatic N) is 1. The molecule has 8 bridgehead atoms. The third-order valence-electron chi connectivity index (χ3n) is 19.7. The molecule has 362 valence electrons.